The van der Waals surface area contributed by atoms with Crippen molar-refractivity contribution >= 4 is 27.8 Å². The number of fused-ring (bicyclic) bond motifs is 8. The van der Waals surface area contributed by atoms with E-state index in [1.807, 2.05) is 0 Å². The Morgan fingerprint density at radius 1 is 0.462 bits per heavy atom. The lowest BCUT2D eigenvalue weighted by molar-refractivity contribution is 0.420. The molecule has 6 aromatic carbocycles. The van der Waals surface area contributed by atoms with Crippen molar-refractivity contribution in [3.8, 4) is 22.3 Å². The molecule has 258 valence electrons. The Labute approximate surface area is 309 Å². The normalized spacial score (nSPS) is 26.2. The summed E-state index contributed by atoms with van der Waals surface area (Å²) in [5, 5.41) is 2.58. The van der Waals surface area contributed by atoms with E-state index in [9.17, 15) is 0 Å². The van der Waals surface area contributed by atoms with Crippen LogP contribution >= 0.6 is 0 Å². The van der Waals surface area contributed by atoms with Gasteiger partial charge in [-0.3, -0.25) is 0 Å². The first-order valence-electron chi connectivity index (χ1n) is 20.2. The quantitative estimate of drug-likeness (QED) is 0.170. The predicted octanol–water partition coefficient (Wildman–Crippen LogP) is 14.1. The van der Waals surface area contributed by atoms with Gasteiger partial charge in [0.25, 0.3) is 0 Å². The van der Waals surface area contributed by atoms with Gasteiger partial charge in [0.05, 0.1) is 0 Å². The van der Waals surface area contributed by atoms with Gasteiger partial charge >= 0.3 is 0 Å². The van der Waals surface area contributed by atoms with Gasteiger partial charge in [0.15, 0.2) is 0 Å². The number of nitrogens with zero attached hydrogens (tertiary/aromatic N) is 1. The molecule has 11 rings (SSSR count). The van der Waals surface area contributed by atoms with E-state index in [4.69, 9.17) is 0 Å². The Bertz CT molecular complexity index is 2260. The van der Waals surface area contributed by atoms with Gasteiger partial charge in [-0.2, -0.15) is 0 Å². The third-order valence-corrected chi connectivity index (χ3v) is 14.6. The van der Waals surface area contributed by atoms with E-state index in [0.717, 1.165) is 35.5 Å². The van der Waals surface area contributed by atoms with Crippen LogP contribution in [0.15, 0.2) is 127 Å². The molecule has 4 fully saturated rings. The largest absolute Gasteiger partial charge is 0.310 e. The van der Waals surface area contributed by atoms with E-state index in [1.165, 1.54) is 113 Å². The van der Waals surface area contributed by atoms with E-state index in [0.29, 0.717) is 0 Å². The van der Waals surface area contributed by atoms with E-state index in [1.54, 1.807) is 11.1 Å². The molecule has 0 aromatic heterocycles. The van der Waals surface area contributed by atoms with E-state index in [-0.39, 0.29) is 5.41 Å². The molecule has 1 nitrogen and oxygen atoms in total. The molecule has 6 aromatic rings. The molecule has 4 bridgehead atoms. The summed E-state index contributed by atoms with van der Waals surface area (Å²) in [6.45, 7) is 4.82. The van der Waals surface area contributed by atoms with Crippen molar-refractivity contribution in [3.63, 3.8) is 0 Å². The summed E-state index contributed by atoms with van der Waals surface area (Å²) >= 11 is 0. The number of benzene rings is 6. The first-order chi connectivity index (χ1) is 25.5. The first kappa shape index (κ1) is 31.0. The second-order valence-electron chi connectivity index (χ2n) is 17.8. The fraction of sp³-hybridized carbons (Fsp3) is 0.333. The van der Waals surface area contributed by atoms with Crippen LogP contribution in [-0.2, 0) is 5.41 Å². The molecular formula is C51H49N. The fourth-order valence-corrected chi connectivity index (χ4v) is 11.9. The Morgan fingerprint density at radius 3 is 1.63 bits per heavy atom. The maximum Gasteiger partial charge on any atom is 0.0465 e. The molecule has 0 radical (unpaired) electrons. The number of hydrogen-bond acceptors (Lipinski definition) is 1. The summed E-state index contributed by atoms with van der Waals surface area (Å²) in [7, 11) is 0. The summed E-state index contributed by atoms with van der Waals surface area (Å²) in [5.74, 6) is 5.21. The summed E-state index contributed by atoms with van der Waals surface area (Å²) < 4.78 is 0. The molecule has 0 saturated heterocycles. The number of hydrogen-bond donors (Lipinski definition) is 0. The molecule has 6 atom stereocenters. The molecule has 52 heavy (non-hydrogen) atoms. The van der Waals surface area contributed by atoms with Crippen molar-refractivity contribution in [3.05, 3.63) is 150 Å². The zero-order chi connectivity index (χ0) is 34.6. The van der Waals surface area contributed by atoms with Crippen molar-refractivity contribution in [2.24, 2.45) is 23.7 Å². The lowest BCUT2D eigenvalue weighted by atomic mass is 9.82. The molecule has 5 aliphatic carbocycles. The van der Waals surface area contributed by atoms with Crippen molar-refractivity contribution in [1.29, 1.82) is 0 Å². The van der Waals surface area contributed by atoms with Crippen LogP contribution in [0.5, 0.6) is 0 Å². The van der Waals surface area contributed by atoms with Gasteiger partial charge in [-0.05, 0) is 178 Å². The second-order valence-corrected chi connectivity index (χ2v) is 17.8. The van der Waals surface area contributed by atoms with Crippen LogP contribution < -0.4 is 4.90 Å². The smallest absolute Gasteiger partial charge is 0.0465 e. The third kappa shape index (κ3) is 4.88. The van der Waals surface area contributed by atoms with E-state index in [2.05, 4.69) is 146 Å². The molecule has 0 spiro atoms. The summed E-state index contributed by atoms with van der Waals surface area (Å²) in [4.78, 5) is 2.52. The van der Waals surface area contributed by atoms with Crippen LogP contribution in [0.25, 0.3) is 33.0 Å². The lowest BCUT2D eigenvalue weighted by Gasteiger charge is -2.29. The van der Waals surface area contributed by atoms with Crippen molar-refractivity contribution < 1.29 is 0 Å². The maximum absolute atomic E-state index is 2.52. The SMILES string of the molecule is CC1(C)c2ccc(-c3ccc4ccccc4c3)cc2-c2ccc(N(c3ccc(C4CC5CCC4C5)cc3)c3ccc(C4CC5CCC4C5)cc3)cc21. The molecule has 1 heteroatoms. The van der Waals surface area contributed by atoms with Gasteiger partial charge in [-0.25, -0.2) is 0 Å². The number of rotatable bonds is 6. The third-order valence-electron chi connectivity index (χ3n) is 14.6. The van der Waals surface area contributed by atoms with Gasteiger partial charge in [-0.1, -0.05) is 106 Å². The van der Waals surface area contributed by atoms with Crippen LogP contribution in [0.1, 0.15) is 99.3 Å². The van der Waals surface area contributed by atoms with Crippen LogP contribution in [0.3, 0.4) is 0 Å². The van der Waals surface area contributed by atoms with Gasteiger partial charge in [-0.15, -0.1) is 0 Å². The maximum atomic E-state index is 2.52. The number of anilines is 3. The molecule has 0 amide bonds. The van der Waals surface area contributed by atoms with Gasteiger partial charge in [0.1, 0.15) is 0 Å². The highest BCUT2D eigenvalue weighted by atomic mass is 15.1. The zero-order valence-corrected chi connectivity index (χ0v) is 30.7. The Hall–Kier alpha value is -4.62. The second kappa shape index (κ2) is 11.7. The zero-order valence-electron chi connectivity index (χ0n) is 30.7. The van der Waals surface area contributed by atoms with Crippen LogP contribution in [-0.4, -0.2) is 0 Å². The van der Waals surface area contributed by atoms with Crippen molar-refractivity contribution in [2.75, 3.05) is 4.90 Å². The minimum Gasteiger partial charge on any atom is -0.310 e. The highest BCUT2D eigenvalue weighted by Crippen LogP contribution is 2.55. The predicted molar refractivity (Wildman–Crippen MR) is 218 cm³/mol. The van der Waals surface area contributed by atoms with E-state index >= 15 is 0 Å². The monoisotopic (exact) mass is 675 g/mol. The van der Waals surface area contributed by atoms with Crippen LogP contribution in [0.4, 0.5) is 17.1 Å². The summed E-state index contributed by atoms with van der Waals surface area (Å²) in [6, 6.07) is 49.4. The Balaban J connectivity index is 0.976. The molecular weight excluding hydrogens is 627 g/mol. The Morgan fingerprint density at radius 2 is 1.04 bits per heavy atom. The van der Waals surface area contributed by atoms with Crippen LogP contribution in [0, 0.1) is 23.7 Å². The minimum absolute atomic E-state index is 0.0917. The van der Waals surface area contributed by atoms with E-state index < -0.39 is 0 Å². The van der Waals surface area contributed by atoms with Crippen molar-refractivity contribution in [1.82, 2.24) is 0 Å². The van der Waals surface area contributed by atoms with Crippen molar-refractivity contribution in [2.45, 2.75) is 82.5 Å². The standard InChI is InChI=1S/C51H49N/c1-51(2)49-24-17-39(38-12-11-34-5-3-4-6-37(34)29-38)30-48(49)45-23-22-44(31-50(45)51)52(42-18-13-35(14-19-42)46-27-32-7-9-40(46)25-32)43-20-15-36(16-21-43)47-28-33-8-10-41(47)26-33/h3-6,11-24,29-33,40-41,46-47H,7-10,25-28H2,1-2H3. The molecule has 0 heterocycles. The fourth-order valence-electron chi connectivity index (χ4n) is 11.9. The summed E-state index contributed by atoms with van der Waals surface area (Å²) in [5.41, 5.74) is 14.9. The lowest BCUT2D eigenvalue weighted by Crippen LogP contribution is -2.17. The molecule has 5 aliphatic rings. The van der Waals surface area contributed by atoms with Gasteiger partial charge < -0.3 is 4.90 Å². The molecule has 0 aliphatic heterocycles. The highest BCUT2D eigenvalue weighted by Gasteiger charge is 2.41. The average molecular weight is 676 g/mol. The minimum atomic E-state index is -0.0917. The average Bonchev–Trinajstić information content (AvgIpc) is 4.04. The highest BCUT2D eigenvalue weighted by molar-refractivity contribution is 5.91. The summed E-state index contributed by atoms with van der Waals surface area (Å²) in [6.07, 6.45) is 11.4. The van der Waals surface area contributed by atoms with Crippen LogP contribution in [0.2, 0.25) is 0 Å². The first-order valence-corrected chi connectivity index (χ1v) is 20.2. The van der Waals surface area contributed by atoms with Gasteiger partial charge in [0, 0.05) is 22.5 Å². The topological polar surface area (TPSA) is 3.24 Å². The Kier molecular flexibility index (Phi) is 6.96. The molecule has 6 unspecified atom stereocenters. The molecule has 4 saturated carbocycles. The molecule has 0 N–H and O–H groups in total. The van der Waals surface area contributed by atoms with Gasteiger partial charge in [0.2, 0.25) is 0 Å².